The lowest BCUT2D eigenvalue weighted by molar-refractivity contribution is 0.0261. The van der Waals surface area contributed by atoms with Gasteiger partial charge in [-0.15, -0.1) is 0 Å². The van der Waals surface area contributed by atoms with E-state index in [1.165, 1.54) is 31.7 Å². The summed E-state index contributed by atoms with van der Waals surface area (Å²) in [5, 5.41) is 0. The zero-order valence-electron chi connectivity index (χ0n) is 16.1. The van der Waals surface area contributed by atoms with Crippen molar-refractivity contribution in [3.63, 3.8) is 0 Å². The maximum Gasteiger partial charge on any atom is 0.256 e. The van der Waals surface area contributed by atoms with E-state index >= 15 is 0 Å². The zero-order valence-corrected chi connectivity index (χ0v) is 16.1. The summed E-state index contributed by atoms with van der Waals surface area (Å²) in [6.07, 6.45) is 7.02. The molecule has 5 nitrogen and oxygen atoms in total. The van der Waals surface area contributed by atoms with Crippen molar-refractivity contribution in [2.24, 2.45) is 5.73 Å². The molecule has 1 saturated heterocycles. The minimum atomic E-state index is -0.757. The number of hydrogen-bond donors (Lipinski definition) is 1. The van der Waals surface area contributed by atoms with Crippen molar-refractivity contribution in [2.75, 3.05) is 13.1 Å². The number of carbonyl (C=O) groups is 2. The predicted molar refractivity (Wildman–Crippen MR) is 101 cm³/mol. The third-order valence-electron chi connectivity index (χ3n) is 6.77. The molecule has 2 heterocycles. The van der Waals surface area contributed by atoms with Crippen molar-refractivity contribution in [2.45, 2.75) is 70.0 Å². The lowest BCUT2D eigenvalue weighted by atomic mass is 9.89. The monoisotopic (exact) mass is 373 g/mol. The van der Waals surface area contributed by atoms with Gasteiger partial charge in [0.25, 0.3) is 5.91 Å². The Hall–Kier alpha value is -1.95. The Bertz CT molecular complexity index is 778. The average molecular weight is 373 g/mol. The number of primary amides is 1. The molecule has 3 aliphatic rings. The van der Waals surface area contributed by atoms with Gasteiger partial charge < -0.3 is 15.5 Å². The molecule has 2 fully saturated rings. The van der Waals surface area contributed by atoms with E-state index in [0.29, 0.717) is 11.6 Å². The van der Waals surface area contributed by atoms with Crippen LogP contribution >= 0.6 is 0 Å². The van der Waals surface area contributed by atoms with E-state index in [0.717, 1.165) is 32.0 Å². The number of fused-ring (bicyclic) bond motifs is 1. The number of nitrogens with two attached hydrogens (primary N) is 1. The number of piperidine rings is 1. The van der Waals surface area contributed by atoms with Gasteiger partial charge in [0.2, 0.25) is 5.91 Å². The molecule has 2 N–H and O–H groups in total. The van der Waals surface area contributed by atoms with Crippen LogP contribution in [-0.2, 0) is 5.54 Å². The molecule has 1 saturated carbocycles. The number of likely N-dealkylation sites (tertiary alicyclic amines) is 1. The summed E-state index contributed by atoms with van der Waals surface area (Å²) in [4.78, 5) is 29.5. The minimum absolute atomic E-state index is 0.00559. The summed E-state index contributed by atoms with van der Waals surface area (Å²) in [5.41, 5.74) is 5.63. The van der Waals surface area contributed by atoms with E-state index < -0.39 is 17.3 Å². The number of rotatable bonds is 3. The Balaban J connectivity index is 1.60. The third-order valence-corrected chi connectivity index (χ3v) is 6.77. The van der Waals surface area contributed by atoms with Crippen LogP contribution in [0.4, 0.5) is 4.39 Å². The molecule has 2 aliphatic heterocycles. The molecule has 1 aromatic carbocycles. The second-order valence-electron chi connectivity index (χ2n) is 8.68. The van der Waals surface area contributed by atoms with Crippen LogP contribution in [0.1, 0.15) is 78.7 Å². The number of hydrogen-bond acceptors (Lipinski definition) is 3. The molecular formula is C21H28FN3O2. The van der Waals surface area contributed by atoms with Crippen LogP contribution in [-0.4, -0.2) is 46.8 Å². The maximum absolute atomic E-state index is 14.1. The van der Waals surface area contributed by atoms with Gasteiger partial charge >= 0.3 is 0 Å². The molecule has 0 radical (unpaired) electrons. The van der Waals surface area contributed by atoms with Crippen molar-refractivity contribution in [1.29, 1.82) is 0 Å². The van der Waals surface area contributed by atoms with Crippen molar-refractivity contribution in [3.8, 4) is 0 Å². The second kappa shape index (κ2) is 6.59. The molecule has 2 amide bonds. The fraction of sp³-hybridized carbons (Fsp3) is 0.619. The summed E-state index contributed by atoms with van der Waals surface area (Å²) in [6, 6.07) is 3.26. The topological polar surface area (TPSA) is 66.6 Å². The molecule has 0 bridgehead atoms. The Morgan fingerprint density at radius 1 is 1.11 bits per heavy atom. The lowest BCUT2D eigenvalue weighted by Gasteiger charge is -2.44. The number of halogens is 1. The molecule has 6 heteroatoms. The summed E-state index contributed by atoms with van der Waals surface area (Å²) >= 11 is 0. The van der Waals surface area contributed by atoms with Crippen LogP contribution in [0.25, 0.3) is 0 Å². The van der Waals surface area contributed by atoms with Crippen LogP contribution in [0.2, 0.25) is 0 Å². The van der Waals surface area contributed by atoms with Crippen LogP contribution < -0.4 is 5.73 Å². The van der Waals surface area contributed by atoms with Gasteiger partial charge in [-0.05, 0) is 57.2 Å². The van der Waals surface area contributed by atoms with Crippen LogP contribution in [0.5, 0.6) is 0 Å². The van der Waals surface area contributed by atoms with Crippen LogP contribution in [0.15, 0.2) is 12.1 Å². The quantitative estimate of drug-likeness (QED) is 0.886. The summed E-state index contributed by atoms with van der Waals surface area (Å²) in [5.74, 6) is -1.47. The number of carbonyl (C=O) groups excluding carboxylic acids is 2. The fourth-order valence-electron chi connectivity index (χ4n) is 5.42. The molecule has 1 aromatic rings. The number of nitrogens with zero attached hydrogens (tertiary/aromatic N) is 2. The second-order valence-corrected chi connectivity index (χ2v) is 8.68. The van der Waals surface area contributed by atoms with Gasteiger partial charge in [0.05, 0.1) is 16.7 Å². The highest BCUT2D eigenvalue weighted by atomic mass is 19.1. The van der Waals surface area contributed by atoms with Gasteiger partial charge in [0.1, 0.15) is 5.82 Å². The highest BCUT2D eigenvalue weighted by Crippen LogP contribution is 2.43. The van der Waals surface area contributed by atoms with E-state index in [2.05, 4.69) is 4.90 Å². The highest BCUT2D eigenvalue weighted by Gasteiger charge is 2.48. The molecule has 27 heavy (non-hydrogen) atoms. The van der Waals surface area contributed by atoms with Gasteiger partial charge in [-0.2, -0.15) is 0 Å². The molecule has 0 unspecified atom stereocenters. The Kier molecular flexibility index (Phi) is 4.49. The highest BCUT2D eigenvalue weighted by molar-refractivity contribution is 6.10. The van der Waals surface area contributed by atoms with Gasteiger partial charge in [0.15, 0.2) is 0 Å². The molecule has 4 rings (SSSR count). The minimum Gasteiger partial charge on any atom is -0.366 e. The van der Waals surface area contributed by atoms with Crippen LogP contribution in [0.3, 0.4) is 0 Å². The van der Waals surface area contributed by atoms with E-state index in [4.69, 9.17) is 5.73 Å². The van der Waals surface area contributed by atoms with Gasteiger partial charge in [0, 0.05) is 25.2 Å². The SMILES string of the molecule is CC1(C)c2cc(F)cc(C(N)=O)c2C(=O)N1C1CCN(C2CCCC2)CC1. The van der Waals surface area contributed by atoms with Crippen molar-refractivity contribution in [3.05, 3.63) is 34.6 Å². The van der Waals surface area contributed by atoms with E-state index in [1.54, 1.807) is 0 Å². The molecule has 0 atom stereocenters. The Labute approximate surface area is 159 Å². The molecule has 0 aromatic heterocycles. The molecule has 146 valence electrons. The summed E-state index contributed by atoms with van der Waals surface area (Å²) in [7, 11) is 0. The largest absolute Gasteiger partial charge is 0.366 e. The van der Waals surface area contributed by atoms with E-state index in [-0.39, 0.29) is 23.1 Å². The van der Waals surface area contributed by atoms with E-state index in [9.17, 15) is 14.0 Å². The number of amides is 2. The molecular weight excluding hydrogens is 345 g/mol. The number of benzene rings is 1. The van der Waals surface area contributed by atoms with Crippen molar-refractivity contribution < 1.29 is 14.0 Å². The summed E-state index contributed by atoms with van der Waals surface area (Å²) < 4.78 is 14.1. The van der Waals surface area contributed by atoms with E-state index in [1.807, 2.05) is 18.7 Å². The van der Waals surface area contributed by atoms with Crippen molar-refractivity contribution >= 4 is 11.8 Å². The molecule has 1 aliphatic carbocycles. The van der Waals surface area contributed by atoms with Crippen LogP contribution in [0, 0.1) is 5.82 Å². The standard InChI is InChI=1S/C21H28FN3O2/c1-21(2)17-12-13(22)11-16(19(23)26)18(17)20(27)25(21)15-7-9-24(10-8-15)14-5-3-4-6-14/h11-12,14-15H,3-10H2,1-2H3,(H2,23,26). The van der Waals surface area contributed by atoms with Gasteiger partial charge in [-0.1, -0.05) is 12.8 Å². The van der Waals surface area contributed by atoms with Gasteiger partial charge in [-0.3, -0.25) is 9.59 Å². The Morgan fingerprint density at radius 3 is 2.33 bits per heavy atom. The first-order valence-corrected chi connectivity index (χ1v) is 10.0. The average Bonchev–Trinajstić information content (AvgIpc) is 3.21. The lowest BCUT2D eigenvalue weighted by Crippen LogP contribution is -2.52. The van der Waals surface area contributed by atoms with Gasteiger partial charge in [-0.25, -0.2) is 4.39 Å². The normalized spacial score (nSPS) is 23.8. The Morgan fingerprint density at radius 2 is 1.74 bits per heavy atom. The first kappa shape index (κ1) is 18.4. The van der Waals surface area contributed by atoms with Crippen molar-refractivity contribution in [1.82, 2.24) is 9.80 Å². The third kappa shape index (κ3) is 2.94. The zero-order chi connectivity index (χ0) is 19.3. The first-order valence-electron chi connectivity index (χ1n) is 10.0. The fourth-order valence-corrected chi connectivity index (χ4v) is 5.42. The maximum atomic E-state index is 14.1. The summed E-state index contributed by atoms with van der Waals surface area (Å²) in [6.45, 7) is 5.85. The molecule has 0 spiro atoms. The smallest absolute Gasteiger partial charge is 0.256 e. The predicted octanol–water partition coefficient (Wildman–Crippen LogP) is 3.02. The first-order chi connectivity index (χ1) is 12.8.